The second kappa shape index (κ2) is 7.94. The maximum atomic E-state index is 12.2. The van der Waals surface area contributed by atoms with Crippen LogP contribution in [-0.4, -0.2) is 48.8 Å². The third-order valence-corrected chi connectivity index (χ3v) is 5.48. The number of carboxylic acid groups (broad SMARTS) is 2. The van der Waals surface area contributed by atoms with Gasteiger partial charge in [0.1, 0.15) is 21.7 Å². The highest BCUT2D eigenvalue weighted by molar-refractivity contribution is 8.26. The van der Waals surface area contributed by atoms with Crippen molar-refractivity contribution in [2.24, 2.45) is 0 Å². The van der Waals surface area contributed by atoms with Crippen molar-refractivity contribution in [2.45, 2.75) is 10.1 Å². The van der Waals surface area contributed by atoms with Gasteiger partial charge in [-0.3, -0.25) is 14.5 Å². The van der Waals surface area contributed by atoms with E-state index < -0.39 is 24.4 Å². The number of carboxylic acids is 2. The van der Waals surface area contributed by atoms with Crippen molar-refractivity contribution in [2.75, 3.05) is 6.54 Å². The zero-order chi connectivity index (χ0) is 19.6. The predicted molar refractivity (Wildman–Crippen MR) is 102 cm³/mol. The Bertz CT molecular complexity index is 967. The zero-order valence-corrected chi connectivity index (χ0v) is 15.8. The Morgan fingerprint density at radius 3 is 2.70 bits per heavy atom. The SMILES string of the molecule is O=C(O)CN1C(=O)/C(=C/c2ccc(Sc3ccc(C(=O)O)cn3)o2)SC1=S. The van der Waals surface area contributed by atoms with Crippen LogP contribution < -0.4 is 0 Å². The molecular weight excluding hydrogens is 412 g/mol. The van der Waals surface area contributed by atoms with Gasteiger partial charge in [0.05, 0.1) is 10.5 Å². The van der Waals surface area contributed by atoms with E-state index in [4.69, 9.17) is 26.8 Å². The molecule has 11 heteroatoms. The van der Waals surface area contributed by atoms with Crippen molar-refractivity contribution in [3.63, 3.8) is 0 Å². The van der Waals surface area contributed by atoms with Gasteiger partial charge in [-0.1, -0.05) is 24.0 Å². The Morgan fingerprint density at radius 1 is 1.30 bits per heavy atom. The molecule has 1 amide bonds. The lowest BCUT2D eigenvalue weighted by Gasteiger charge is -2.09. The van der Waals surface area contributed by atoms with E-state index in [2.05, 4.69) is 4.98 Å². The Morgan fingerprint density at radius 2 is 2.07 bits per heavy atom. The highest BCUT2D eigenvalue weighted by atomic mass is 32.2. The van der Waals surface area contributed by atoms with E-state index in [1.54, 1.807) is 18.2 Å². The first-order chi connectivity index (χ1) is 12.8. The Balaban J connectivity index is 1.71. The molecule has 1 saturated heterocycles. The third-order valence-electron chi connectivity index (χ3n) is 3.23. The number of aromatic nitrogens is 1. The van der Waals surface area contributed by atoms with Gasteiger partial charge in [0, 0.05) is 12.3 Å². The quantitative estimate of drug-likeness (QED) is 0.531. The Labute approximate surface area is 166 Å². The zero-order valence-electron chi connectivity index (χ0n) is 13.3. The molecule has 8 nitrogen and oxygen atoms in total. The summed E-state index contributed by atoms with van der Waals surface area (Å²) in [6.07, 6.45) is 2.74. The van der Waals surface area contributed by atoms with Crippen LogP contribution in [0.3, 0.4) is 0 Å². The number of thiocarbonyl (C=S) groups is 1. The average Bonchev–Trinajstić information content (AvgIpc) is 3.15. The lowest BCUT2D eigenvalue weighted by atomic mass is 10.3. The summed E-state index contributed by atoms with van der Waals surface area (Å²) in [6.45, 7) is -0.487. The van der Waals surface area contributed by atoms with E-state index in [-0.39, 0.29) is 14.8 Å². The van der Waals surface area contributed by atoms with Crippen LogP contribution >= 0.6 is 35.7 Å². The second-order valence-corrected chi connectivity index (χ2v) is 7.81. The van der Waals surface area contributed by atoms with Gasteiger partial charge < -0.3 is 14.6 Å². The summed E-state index contributed by atoms with van der Waals surface area (Å²) in [4.78, 5) is 39.2. The normalized spacial score (nSPS) is 15.6. The molecule has 2 aromatic heterocycles. The van der Waals surface area contributed by atoms with Crippen LogP contribution in [0.5, 0.6) is 0 Å². The van der Waals surface area contributed by atoms with Crippen molar-refractivity contribution in [3.05, 3.63) is 46.7 Å². The smallest absolute Gasteiger partial charge is 0.337 e. The number of carbonyl (C=O) groups excluding carboxylic acids is 1. The Hall–Kier alpha value is -2.63. The van der Waals surface area contributed by atoms with E-state index in [1.165, 1.54) is 30.1 Å². The van der Waals surface area contributed by atoms with Gasteiger partial charge in [0.25, 0.3) is 5.91 Å². The minimum absolute atomic E-state index is 0.0860. The van der Waals surface area contributed by atoms with Crippen molar-refractivity contribution in [3.8, 4) is 0 Å². The fourth-order valence-corrected chi connectivity index (χ4v) is 3.99. The molecule has 1 aliphatic heterocycles. The lowest BCUT2D eigenvalue weighted by Crippen LogP contribution is -2.33. The van der Waals surface area contributed by atoms with Crippen LogP contribution in [0.4, 0.5) is 0 Å². The molecule has 0 aliphatic carbocycles. The molecule has 1 fully saturated rings. The van der Waals surface area contributed by atoms with Gasteiger partial charge in [-0.25, -0.2) is 9.78 Å². The third kappa shape index (κ3) is 4.56. The average molecular weight is 422 g/mol. The fourth-order valence-electron chi connectivity index (χ4n) is 2.04. The molecule has 0 saturated carbocycles. The number of amides is 1. The minimum atomic E-state index is -1.15. The summed E-state index contributed by atoms with van der Waals surface area (Å²) in [7, 11) is 0. The molecule has 2 aromatic rings. The fraction of sp³-hybridized carbons (Fsp3) is 0.0625. The number of rotatable bonds is 6. The molecular formula is C16H10N2O6S3. The van der Waals surface area contributed by atoms with Crippen LogP contribution in [0, 0.1) is 0 Å². The van der Waals surface area contributed by atoms with Crippen molar-refractivity contribution < 1.29 is 29.0 Å². The lowest BCUT2D eigenvalue weighted by molar-refractivity contribution is -0.140. The van der Waals surface area contributed by atoms with Gasteiger partial charge in [0.15, 0.2) is 5.09 Å². The minimum Gasteiger partial charge on any atom is -0.480 e. The van der Waals surface area contributed by atoms with Crippen molar-refractivity contribution in [1.82, 2.24) is 9.88 Å². The molecule has 0 aromatic carbocycles. The highest BCUT2D eigenvalue weighted by Gasteiger charge is 2.33. The molecule has 0 bridgehead atoms. The van der Waals surface area contributed by atoms with Crippen LogP contribution in [0.1, 0.15) is 16.1 Å². The van der Waals surface area contributed by atoms with Crippen molar-refractivity contribution in [1.29, 1.82) is 0 Å². The van der Waals surface area contributed by atoms with Gasteiger partial charge in [-0.2, -0.15) is 0 Å². The number of nitrogens with zero attached hydrogens (tertiary/aromatic N) is 2. The summed E-state index contributed by atoms with van der Waals surface area (Å²) in [5.74, 6) is -2.29. The number of thioether (sulfide) groups is 1. The molecule has 0 radical (unpaired) electrons. The molecule has 3 heterocycles. The summed E-state index contributed by atoms with van der Waals surface area (Å²) in [5, 5.41) is 18.7. The second-order valence-electron chi connectivity index (χ2n) is 5.11. The van der Waals surface area contributed by atoms with Crippen molar-refractivity contribution >= 4 is 64.0 Å². The number of carbonyl (C=O) groups is 3. The highest BCUT2D eigenvalue weighted by Crippen LogP contribution is 2.34. The predicted octanol–water partition coefficient (Wildman–Crippen LogP) is 2.81. The molecule has 0 unspecified atom stereocenters. The molecule has 2 N–H and O–H groups in total. The molecule has 0 atom stereocenters. The van der Waals surface area contributed by atoms with E-state index >= 15 is 0 Å². The van der Waals surface area contributed by atoms with E-state index in [0.717, 1.165) is 16.7 Å². The van der Waals surface area contributed by atoms with Gasteiger partial charge in [-0.05, 0) is 36.0 Å². The molecule has 3 rings (SSSR count). The first-order valence-electron chi connectivity index (χ1n) is 7.27. The van der Waals surface area contributed by atoms with E-state index in [1.807, 2.05) is 0 Å². The molecule has 0 spiro atoms. The van der Waals surface area contributed by atoms with Gasteiger partial charge in [-0.15, -0.1) is 0 Å². The first kappa shape index (κ1) is 19.1. The van der Waals surface area contributed by atoms with Crippen LogP contribution in [-0.2, 0) is 9.59 Å². The van der Waals surface area contributed by atoms with Gasteiger partial charge in [0.2, 0.25) is 0 Å². The largest absolute Gasteiger partial charge is 0.480 e. The van der Waals surface area contributed by atoms with Crippen LogP contribution in [0.25, 0.3) is 6.08 Å². The Kier molecular flexibility index (Phi) is 5.63. The number of hydrogen-bond donors (Lipinski definition) is 2. The van der Waals surface area contributed by atoms with E-state index in [9.17, 15) is 14.4 Å². The molecule has 138 valence electrons. The summed E-state index contributed by atoms with van der Waals surface area (Å²) < 4.78 is 5.79. The van der Waals surface area contributed by atoms with Crippen LogP contribution in [0.15, 0.2) is 49.9 Å². The molecule has 27 heavy (non-hydrogen) atoms. The topological polar surface area (TPSA) is 121 Å². The summed E-state index contributed by atoms with van der Waals surface area (Å²) in [6, 6.07) is 6.33. The van der Waals surface area contributed by atoms with Gasteiger partial charge >= 0.3 is 11.9 Å². The molecule has 1 aliphatic rings. The van der Waals surface area contributed by atoms with Crippen LogP contribution in [0.2, 0.25) is 0 Å². The maximum absolute atomic E-state index is 12.2. The number of furan rings is 1. The summed E-state index contributed by atoms with van der Waals surface area (Å²) >= 11 is 7.23. The maximum Gasteiger partial charge on any atom is 0.337 e. The first-order valence-corrected chi connectivity index (χ1v) is 9.32. The number of aromatic carboxylic acids is 1. The number of pyridine rings is 1. The monoisotopic (exact) mass is 422 g/mol. The number of hydrogen-bond acceptors (Lipinski definition) is 8. The number of aliphatic carboxylic acids is 1. The summed E-state index contributed by atoms with van der Waals surface area (Å²) in [5.41, 5.74) is 0.0860. The standard InChI is InChI=1S/C16H10N2O6S3/c19-12(20)7-18-14(21)10(26-16(18)25)5-9-2-4-13(24-9)27-11-3-1-8(6-17-11)15(22)23/h1-6H,7H2,(H,19,20)(H,22,23)/b10-5-. The van der Waals surface area contributed by atoms with E-state index in [0.29, 0.717) is 15.9 Å².